The zero-order valence-corrected chi connectivity index (χ0v) is 14.7. The van der Waals surface area contributed by atoms with Crippen LogP contribution in [0.4, 0.5) is 5.95 Å². The van der Waals surface area contributed by atoms with Gasteiger partial charge in [0.05, 0.1) is 19.4 Å². The molecule has 0 fully saturated rings. The highest BCUT2D eigenvalue weighted by molar-refractivity contribution is 5.81. The predicted molar refractivity (Wildman–Crippen MR) is 96.1 cm³/mol. The fourth-order valence-corrected chi connectivity index (χ4v) is 2.15. The summed E-state index contributed by atoms with van der Waals surface area (Å²) in [4.78, 5) is 8.56. The van der Waals surface area contributed by atoms with Crippen LogP contribution in [0.1, 0.15) is 37.2 Å². The van der Waals surface area contributed by atoms with Crippen LogP contribution in [0.15, 0.2) is 29.4 Å². The van der Waals surface area contributed by atoms with Crippen molar-refractivity contribution in [2.75, 3.05) is 18.6 Å². The SMILES string of the molecule is CCCOc1ccc(/C=N\Nc2nc(C)cc(C)n2)cc1OCC. The lowest BCUT2D eigenvalue weighted by Gasteiger charge is -2.11. The van der Waals surface area contributed by atoms with Crippen LogP contribution in [0, 0.1) is 13.8 Å². The molecule has 2 aromatic rings. The number of nitrogens with zero attached hydrogens (tertiary/aromatic N) is 3. The van der Waals surface area contributed by atoms with E-state index in [4.69, 9.17) is 9.47 Å². The third-order valence-electron chi connectivity index (χ3n) is 3.09. The van der Waals surface area contributed by atoms with Crippen LogP contribution in [-0.2, 0) is 0 Å². The van der Waals surface area contributed by atoms with Crippen LogP contribution in [-0.4, -0.2) is 29.4 Å². The van der Waals surface area contributed by atoms with Crippen molar-refractivity contribution >= 4 is 12.2 Å². The summed E-state index contributed by atoms with van der Waals surface area (Å²) >= 11 is 0. The Morgan fingerprint density at radius 3 is 2.46 bits per heavy atom. The zero-order valence-electron chi connectivity index (χ0n) is 14.7. The van der Waals surface area contributed by atoms with Gasteiger partial charge in [-0.05, 0) is 57.0 Å². The Hall–Kier alpha value is -2.63. The second-order valence-corrected chi connectivity index (χ2v) is 5.33. The second-order valence-electron chi connectivity index (χ2n) is 5.33. The number of aromatic nitrogens is 2. The van der Waals surface area contributed by atoms with Gasteiger partial charge >= 0.3 is 0 Å². The van der Waals surface area contributed by atoms with Crippen molar-refractivity contribution in [3.05, 3.63) is 41.2 Å². The molecule has 1 aromatic carbocycles. The van der Waals surface area contributed by atoms with E-state index in [-0.39, 0.29) is 0 Å². The number of ether oxygens (including phenoxy) is 2. The van der Waals surface area contributed by atoms with E-state index >= 15 is 0 Å². The lowest BCUT2D eigenvalue weighted by atomic mass is 10.2. The smallest absolute Gasteiger partial charge is 0.243 e. The van der Waals surface area contributed by atoms with Crippen LogP contribution < -0.4 is 14.9 Å². The summed E-state index contributed by atoms with van der Waals surface area (Å²) in [6.45, 7) is 9.11. The van der Waals surface area contributed by atoms with Gasteiger partial charge < -0.3 is 9.47 Å². The Bertz CT molecular complexity index is 681. The highest BCUT2D eigenvalue weighted by atomic mass is 16.5. The summed E-state index contributed by atoms with van der Waals surface area (Å²) in [5.74, 6) is 1.95. The van der Waals surface area contributed by atoms with E-state index in [0.29, 0.717) is 19.2 Å². The molecule has 6 nitrogen and oxygen atoms in total. The third kappa shape index (κ3) is 5.22. The number of rotatable bonds is 8. The van der Waals surface area contributed by atoms with Gasteiger partial charge in [-0.2, -0.15) is 5.10 Å². The molecule has 0 bridgehead atoms. The van der Waals surface area contributed by atoms with E-state index in [1.165, 1.54) is 0 Å². The van der Waals surface area contributed by atoms with Crippen LogP contribution in [0.25, 0.3) is 0 Å². The van der Waals surface area contributed by atoms with E-state index in [1.807, 2.05) is 45.0 Å². The molecule has 1 heterocycles. The lowest BCUT2D eigenvalue weighted by molar-refractivity contribution is 0.277. The lowest BCUT2D eigenvalue weighted by Crippen LogP contribution is -2.01. The van der Waals surface area contributed by atoms with E-state index in [2.05, 4.69) is 27.4 Å². The Labute approximate surface area is 142 Å². The zero-order chi connectivity index (χ0) is 17.4. The summed E-state index contributed by atoms with van der Waals surface area (Å²) < 4.78 is 11.3. The average Bonchev–Trinajstić information content (AvgIpc) is 2.53. The number of nitrogens with one attached hydrogen (secondary N) is 1. The average molecular weight is 328 g/mol. The molecule has 1 N–H and O–H groups in total. The first-order valence-electron chi connectivity index (χ1n) is 8.13. The van der Waals surface area contributed by atoms with Gasteiger partial charge in [-0.3, -0.25) is 0 Å². The number of hydrazone groups is 1. The van der Waals surface area contributed by atoms with E-state index in [1.54, 1.807) is 6.21 Å². The molecule has 0 spiro atoms. The van der Waals surface area contributed by atoms with Crippen molar-refractivity contribution in [1.29, 1.82) is 0 Å². The van der Waals surface area contributed by atoms with Crippen LogP contribution in [0.3, 0.4) is 0 Å². The molecule has 0 unspecified atom stereocenters. The minimum absolute atomic E-state index is 0.483. The number of aryl methyl sites for hydroxylation is 2. The molecule has 0 aliphatic heterocycles. The van der Waals surface area contributed by atoms with Crippen LogP contribution in [0.5, 0.6) is 11.5 Å². The molecule has 0 saturated heterocycles. The molecule has 24 heavy (non-hydrogen) atoms. The van der Waals surface area contributed by atoms with Gasteiger partial charge in [0.2, 0.25) is 5.95 Å². The van der Waals surface area contributed by atoms with Crippen molar-refractivity contribution < 1.29 is 9.47 Å². The summed E-state index contributed by atoms with van der Waals surface area (Å²) in [5.41, 5.74) is 5.55. The maximum atomic E-state index is 5.69. The molecule has 0 amide bonds. The molecule has 0 aliphatic carbocycles. The Balaban J connectivity index is 2.09. The summed E-state index contributed by atoms with van der Waals surface area (Å²) in [5, 5.41) is 4.19. The van der Waals surface area contributed by atoms with Crippen molar-refractivity contribution in [2.45, 2.75) is 34.1 Å². The Kier molecular flexibility index (Phi) is 6.54. The normalized spacial score (nSPS) is 10.8. The molecule has 0 radical (unpaired) electrons. The van der Waals surface area contributed by atoms with Crippen LogP contribution in [0.2, 0.25) is 0 Å². The molecule has 128 valence electrons. The molecule has 0 aliphatic rings. The maximum Gasteiger partial charge on any atom is 0.243 e. The molecule has 6 heteroatoms. The van der Waals surface area contributed by atoms with Crippen molar-refractivity contribution in [1.82, 2.24) is 9.97 Å². The molecule has 2 rings (SSSR count). The van der Waals surface area contributed by atoms with Gasteiger partial charge in [0, 0.05) is 11.4 Å². The second kappa shape index (κ2) is 8.86. The van der Waals surface area contributed by atoms with Gasteiger partial charge in [-0.1, -0.05) is 6.92 Å². The third-order valence-corrected chi connectivity index (χ3v) is 3.09. The summed E-state index contributed by atoms with van der Waals surface area (Å²) in [6, 6.07) is 7.65. The highest BCUT2D eigenvalue weighted by Crippen LogP contribution is 2.28. The molecule has 1 aromatic heterocycles. The van der Waals surface area contributed by atoms with Crippen molar-refractivity contribution in [3.63, 3.8) is 0 Å². The van der Waals surface area contributed by atoms with Gasteiger partial charge in [-0.15, -0.1) is 0 Å². The van der Waals surface area contributed by atoms with E-state index in [0.717, 1.165) is 34.9 Å². The largest absolute Gasteiger partial charge is 0.490 e. The quantitative estimate of drug-likeness (QED) is 0.591. The molecule has 0 saturated carbocycles. The molecular weight excluding hydrogens is 304 g/mol. The maximum absolute atomic E-state index is 5.69. The number of hydrogen-bond donors (Lipinski definition) is 1. The van der Waals surface area contributed by atoms with E-state index < -0.39 is 0 Å². The minimum atomic E-state index is 0.483. The van der Waals surface area contributed by atoms with Crippen LogP contribution >= 0.6 is 0 Å². The summed E-state index contributed by atoms with van der Waals surface area (Å²) in [6.07, 6.45) is 2.65. The first-order chi connectivity index (χ1) is 11.6. The fourth-order valence-electron chi connectivity index (χ4n) is 2.15. The Morgan fingerprint density at radius 2 is 1.79 bits per heavy atom. The van der Waals surface area contributed by atoms with Crippen molar-refractivity contribution in [2.24, 2.45) is 5.10 Å². The van der Waals surface area contributed by atoms with Gasteiger partial charge in [0.1, 0.15) is 0 Å². The number of benzene rings is 1. The van der Waals surface area contributed by atoms with Gasteiger partial charge in [-0.25, -0.2) is 15.4 Å². The molecule has 0 atom stereocenters. The monoisotopic (exact) mass is 328 g/mol. The van der Waals surface area contributed by atoms with Gasteiger partial charge in [0.25, 0.3) is 0 Å². The highest BCUT2D eigenvalue weighted by Gasteiger charge is 2.05. The first kappa shape index (κ1) is 17.7. The fraction of sp³-hybridized carbons (Fsp3) is 0.389. The standard InChI is InChI=1S/C18H24N4O2/c1-5-9-24-16-8-7-15(11-17(16)23-6-2)12-19-22-18-20-13(3)10-14(4)21-18/h7-8,10-12H,5-6,9H2,1-4H3,(H,20,21,22)/b19-12-. The minimum Gasteiger partial charge on any atom is -0.490 e. The number of anilines is 1. The topological polar surface area (TPSA) is 68.6 Å². The Morgan fingerprint density at radius 1 is 1.04 bits per heavy atom. The van der Waals surface area contributed by atoms with Gasteiger partial charge in [0.15, 0.2) is 11.5 Å². The number of hydrogen-bond acceptors (Lipinski definition) is 6. The van der Waals surface area contributed by atoms with Crippen molar-refractivity contribution in [3.8, 4) is 11.5 Å². The van der Waals surface area contributed by atoms with E-state index in [9.17, 15) is 0 Å². The first-order valence-corrected chi connectivity index (χ1v) is 8.13. The molecular formula is C18H24N4O2. The predicted octanol–water partition coefficient (Wildman–Crippen LogP) is 3.73. The summed E-state index contributed by atoms with van der Waals surface area (Å²) in [7, 11) is 0.